The number of halogens is 3. The molecule has 0 aliphatic carbocycles. The lowest BCUT2D eigenvalue weighted by atomic mass is 10.3. The number of para-hydroxylation sites is 1. The molecule has 136 valence electrons. The van der Waals surface area contributed by atoms with Crippen molar-refractivity contribution in [3.63, 3.8) is 0 Å². The van der Waals surface area contributed by atoms with Crippen molar-refractivity contribution in [2.45, 2.75) is 18.0 Å². The lowest BCUT2D eigenvalue weighted by Gasteiger charge is -2.12. The summed E-state index contributed by atoms with van der Waals surface area (Å²) in [4.78, 5) is 6.42. The second kappa shape index (κ2) is 6.41. The topological polar surface area (TPSA) is 89.8 Å². The van der Waals surface area contributed by atoms with Crippen molar-refractivity contribution in [1.29, 1.82) is 0 Å². The number of benzene rings is 1. The van der Waals surface area contributed by atoms with E-state index in [4.69, 9.17) is 0 Å². The van der Waals surface area contributed by atoms with Crippen LogP contribution in [0.2, 0.25) is 0 Å². The van der Waals surface area contributed by atoms with Gasteiger partial charge in [-0.15, -0.1) is 5.10 Å². The molecule has 0 amide bonds. The maximum absolute atomic E-state index is 13.1. The highest BCUT2D eigenvalue weighted by Gasteiger charge is 2.37. The van der Waals surface area contributed by atoms with E-state index in [0.717, 1.165) is 6.20 Å². The van der Waals surface area contributed by atoms with Crippen LogP contribution < -0.4 is 4.72 Å². The third kappa shape index (κ3) is 3.52. The number of aryl methyl sites for hydroxylation is 1. The predicted octanol–water partition coefficient (Wildman–Crippen LogP) is 2.79. The fraction of sp³-hybridized carbons (Fsp3) is 0.133. The quantitative estimate of drug-likeness (QED) is 0.748. The first-order valence-corrected chi connectivity index (χ1v) is 8.70. The van der Waals surface area contributed by atoms with Gasteiger partial charge >= 0.3 is 6.18 Å². The summed E-state index contributed by atoms with van der Waals surface area (Å²) >= 11 is 0. The molecule has 0 saturated carbocycles. The Morgan fingerprint density at radius 3 is 2.46 bits per heavy atom. The first kappa shape index (κ1) is 17.9. The number of sulfonamides is 1. The molecule has 0 radical (unpaired) electrons. The molecule has 0 fully saturated rings. The SMILES string of the molecule is Cc1nc(NS(=O)(=O)c2cnccc2C(F)(F)F)nn1-c1ccccc1. The number of nitrogens with zero attached hydrogens (tertiary/aromatic N) is 4. The summed E-state index contributed by atoms with van der Waals surface area (Å²) in [6, 6.07) is 9.35. The van der Waals surface area contributed by atoms with Crippen LogP contribution in [0.25, 0.3) is 5.69 Å². The summed E-state index contributed by atoms with van der Waals surface area (Å²) in [6.07, 6.45) is -3.35. The Hall–Kier alpha value is -2.95. The zero-order valence-corrected chi connectivity index (χ0v) is 14.1. The minimum atomic E-state index is -4.85. The Labute approximate surface area is 146 Å². The lowest BCUT2D eigenvalue weighted by Crippen LogP contribution is -2.20. The molecule has 26 heavy (non-hydrogen) atoms. The molecule has 3 aromatic rings. The molecule has 0 aliphatic heterocycles. The third-order valence-electron chi connectivity index (χ3n) is 3.37. The van der Waals surface area contributed by atoms with E-state index in [2.05, 4.69) is 15.1 Å². The van der Waals surface area contributed by atoms with E-state index < -0.39 is 26.7 Å². The average Bonchev–Trinajstić information content (AvgIpc) is 2.94. The van der Waals surface area contributed by atoms with Gasteiger partial charge in [-0.2, -0.15) is 18.2 Å². The number of aromatic nitrogens is 4. The van der Waals surface area contributed by atoms with Crippen LogP contribution in [-0.2, 0) is 16.2 Å². The van der Waals surface area contributed by atoms with Gasteiger partial charge in [-0.1, -0.05) is 18.2 Å². The molecule has 2 heterocycles. The maximum Gasteiger partial charge on any atom is 0.417 e. The van der Waals surface area contributed by atoms with Gasteiger partial charge in [0.1, 0.15) is 10.7 Å². The van der Waals surface area contributed by atoms with Crippen molar-refractivity contribution < 1.29 is 21.6 Å². The van der Waals surface area contributed by atoms with E-state index in [-0.39, 0.29) is 5.95 Å². The first-order chi connectivity index (χ1) is 12.2. The van der Waals surface area contributed by atoms with Gasteiger partial charge in [-0.3, -0.25) is 4.98 Å². The van der Waals surface area contributed by atoms with Crippen molar-refractivity contribution >= 4 is 16.0 Å². The zero-order chi connectivity index (χ0) is 18.9. The van der Waals surface area contributed by atoms with Crippen molar-refractivity contribution in [3.8, 4) is 5.69 Å². The van der Waals surface area contributed by atoms with Crippen LogP contribution in [-0.4, -0.2) is 28.2 Å². The second-order valence-corrected chi connectivity index (χ2v) is 6.86. The summed E-state index contributed by atoms with van der Waals surface area (Å²) in [6.45, 7) is 1.59. The largest absolute Gasteiger partial charge is 0.417 e. The molecule has 0 aliphatic rings. The van der Waals surface area contributed by atoms with Crippen LogP contribution in [0.4, 0.5) is 19.1 Å². The van der Waals surface area contributed by atoms with Crippen LogP contribution in [0.5, 0.6) is 0 Å². The molecule has 1 aromatic carbocycles. The predicted molar refractivity (Wildman–Crippen MR) is 86.1 cm³/mol. The van der Waals surface area contributed by atoms with Gasteiger partial charge in [0, 0.05) is 12.4 Å². The monoisotopic (exact) mass is 383 g/mol. The summed E-state index contributed by atoms with van der Waals surface area (Å²) in [5.74, 6) is 0.0134. The van der Waals surface area contributed by atoms with Crippen molar-refractivity contribution in [2.24, 2.45) is 0 Å². The number of rotatable bonds is 4. The van der Waals surface area contributed by atoms with E-state index in [9.17, 15) is 21.6 Å². The van der Waals surface area contributed by atoms with Crippen LogP contribution in [0, 0.1) is 6.92 Å². The Morgan fingerprint density at radius 1 is 1.12 bits per heavy atom. The van der Waals surface area contributed by atoms with E-state index in [0.29, 0.717) is 23.8 Å². The zero-order valence-electron chi connectivity index (χ0n) is 13.3. The average molecular weight is 383 g/mol. The molecule has 0 spiro atoms. The van der Waals surface area contributed by atoms with Crippen molar-refractivity contribution in [1.82, 2.24) is 19.7 Å². The summed E-state index contributed by atoms with van der Waals surface area (Å²) in [7, 11) is -4.58. The number of alkyl halides is 3. The summed E-state index contributed by atoms with van der Waals surface area (Å²) < 4.78 is 67.3. The Morgan fingerprint density at radius 2 is 1.81 bits per heavy atom. The van der Waals surface area contributed by atoms with Crippen LogP contribution in [0.1, 0.15) is 11.4 Å². The second-order valence-electron chi connectivity index (χ2n) is 5.21. The molecule has 11 heteroatoms. The number of pyridine rings is 1. The van der Waals surface area contributed by atoms with Gasteiger partial charge in [0.2, 0.25) is 0 Å². The lowest BCUT2D eigenvalue weighted by molar-refractivity contribution is -0.139. The fourth-order valence-electron chi connectivity index (χ4n) is 2.25. The van der Waals surface area contributed by atoms with Gasteiger partial charge in [-0.25, -0.2) is 17.8 Å². The highest BCUT2D eigenvalue weighted by Crippen LogP contribution is 2.33. The highest BCUT2D eigenvalue weighted by atomic mass is 32.2. The first-order valence-electron chi connectivity index (χ1n) is 7.21. The Kier molecular flexibility index (Phi) is 4.40. The molecular formula is C15H12F3N5O2S. The van der Waals surface area contributed by atoms with Crippen molar-refractivity contribution in [2.75, 3.05) is 4.72 Å². The molecule has 0 atom stereocenters. The van der Waals surface area contributed by atoms with Gasteiger partial charge < -0.3 is 0 Å². The minimum absolute atomic E-state index is 0.344. The van der Waals surface area contributed by atoms with Crippen molar-refractivity contribution in [3.05, 3.63) is 60.2 Å². The molecule has 0 unspecified atom stereocenters. The minimum Gasteiger partial charge on any atom is -0.263 e. The van der Waals surface area contributed by atoms with Crippen LogP contribution in [0.15, 0.2) is 53.7 Å². The van der Waals surface area contributed by atoms with E-state index >= 15 is 0 Å². The van der Waals surface area contributed by atoms with E-state index in [1.54, 1.807) is 37.3 Å². The standard InChI is InChI=1S/C15H12F3N5O2S/c1-10-20-14(21-23(10)11-5-3-2-4-6-11)22-26(24,25)13-9-19-8-7-12(13)15(16,17)18/h2-9H,1H3,(H,21,22). The molecular weight excluding hydrogens is 371 g/mol. The van der Waals surface area contributed by atoms with Gasteiger partial charge in [0.25, 0.3) is 16.0 Å². The Bertz CT molecular complexity index is 1030. The van der Waals surface area contributed by atoms with Crippen LogP contribution in [0.3, 0.4) is 0 Å². The third-order valence-corrected chi connectivity index (χ3v) is 4.73. The number of anilines is 1. The fourth-order valence-corrected chi connectivity index (χ4v) is 3.36. The molecule has 3 rings (SSSR count). The molecule has 1 N–H and O–H groups in total. The highest BCUT2D eigenvalue weighted by molar-refractivity contribution is 7.92. The van der Waals surface area contributed by atoms with E-state index in [1.165, 1.54) is 4.68 Å². The number of hydrogen-bond donors (Lipinski definition) is 1. The molecule has 0 bridgehead atoms. The normalized spacial score (nSPS) is 12.2. The summed E-state index contributed by atoms with van der Waals surface area (Å²) in [5, 5.41) is 4.00. The van der Waals surface area contributed by atoms with Crippen LogP contribution >= 0.6 is 0 Å². The summed E-state index contributed by atoms with van der Waals surface area (Å²) in [5.41, 5.74) is -0.695. The van der Waals surface area contributed by atoms with E-state index in [1.807, 2.05) is 4.72 Å². The number of nitrogens with one attached hydrogen (secondary N) is 1. The maximum atomic E-state index is 13.1. The smallest absolute Gasteiger partial charge is 0.263 e. The van der Waals surface area contributed by atoms with Gasteiger partial charge in [-0.05, 0) is 25.1 Å². The molecule has 2 aromatic heterocycles. The molecule has 0 saturated heterocycles. The Balaban J connectivity index is 1.98. The van der Waals surface area contributed by atoms with Gasteiger partial charge in [0.15, 0.2) is 0 Å². The molecule has 7 nitrogen and oxygen atoms in total. The number of hydrogen-bond acceptors (Lipinski definition) is 5. The van der Waals surface area contributed by atoms with Gasteiger partial charge in [0.05, 0.1) is 11.3 Å².